The second kappa shape index (κ2) is 8.48. The summed E-state index contributed by atoms with van der Waals surface area (Å²) in [5, 5.41) is 2.96. The first-order valence-electron chi connectivity index (χ1n) is 8.74. The van der Waals surface area contributed by atoms with Gasteiger partial charge in [-0.15, -0.1) is 0 Å². The summed E-state index contributed by atoms with van der Waals surface area (Å²) >= 11 is 5.27. The Labute approximate surface area is 179 Å². The molecule has 1 N–H and O–H groups in total. The van der Waals surface area contributed by atoms with E-state index in [0.29, 0.717) is 22.7 Å². The van der Waals surface area contributed by atoms with Crippen LogP contribution in [-0.2, 0) is 16.9 Å². The van der Waals surface area contributed by atoms with Crippen LogP contribution in [0.4, 0.5) is 32.0 Å². The van der Waals surface area contributed by atoms with Gasteiger partial charge >= 0.3 is 12.4 Å². The second-order valence-corrected chi connectivity index (χ2v) is 9.91. The van der Waals surface area contributed by atoms with E-state index in [1.165, 1.54) is 24.3 Å². The van der Waals surface area contributed by atoms with Gasteiger partial charge in [0.25, 0.3) is 0 Å². The number of thiocarbonyl (C=S) groups is 1. The minimum absolute atomic E-state index is 0.0161. The predicted octanol–water partition coefficient (Wildman–Crippen LogP) is 6.44. The van der Waals surface area contributed by atoms with Gasteiger partial charge in [0, 0.05) is 16.3 Å². The Morgan fingerprint density at radius 3 is 1.45 bits per heavy atom. The number of anilines is 1. The summed E-state index contributed by atoms with van der Waals surface area (Å²) in [6.45, 7) is 0. The van der Waals surface area contributed by atoms with Crippen LogP contribution in [-0.4, -0.2) is 4.73 Å². The van der Waals surface area contributed by atoms with Gasteiger partial charge in [-0.2, -0.15) is 26.3 Å². The van der Waals surface area contributed by atoms with E-state index in [1.807, 2.05) is 0 Å². The third-order valence-electron chi connectivity index (χ3n) is 4.36. The van der Waals surface area contributed by atoms with Gasteiger partial charge in [0.15, 0.2) is 7.14 Å². The minimum Gasteiger partial charge on any atom is -0.343 e. The SMILES string of the molecule is O=P(C(=S)Nc1cc(C(F)(F)F)cc(C(F)(F)F)c1)(c1ccccc1)c1ccccc1. The van der Waals surface area contributed by atoms with Gasteiger partial charge in [0.1, 0.15) is 4.73 Å². The molecule has 0 amide bonds. The maximum absolute atomic E-state index is 14.0. The predicted molar refractivity (Wildman–Crippen MR) is 112 cm³/mol. The molecule has 0 saturated heterocycles. The van der Waals surface area contributed by atoms with Gasteiger partial charge in [0.05, 0.1) is 11.1 Å². The summed E-state index contributed by atoms with van der Waals surface area (Å²) in [5.74, 6) is 0. The van der Waals surface area contributed by atoms with E-state index in [0.717, 1.165) is 0 Å². The minimum atomic E-state index is -5.01. The smallest absolute Gasteiger partial charge is 0.343 e. The Morgan fingerprint density at radius 1 is 0.710 bits per heavy atom. The molecule has 10 heteroatoms. The Hall–Kier alpha value is -2.64. The molecule has 0 heterocycles. The molecular formula is C21H14F6NOPS. The molecular weight excluding hydrogens is 459 g/mol. The molecule has 0 bridgehead atoms. The summed E-state index contributed by atoms with van der Waals surface area (Å²) in [7, 11) is -3.73. The van der Waals surface area contributed by atoms with Gasteiger partial charge < -0.3 is 9.88 Å². The van der Waals surface area contributed by atoms with Crippen molar-refractivity contribution in [2.24, 2.45) is 0 Å². The second-order valence-electron chi connectivity index (χ2n) is 6.51. The summed E-state index contributed by atoms with van der Waals surface area (Å²) < 4.78 is 92.6. The van der Waals surface area contributed by atoms with Gasteiger partial charge in [0.2, 0.25) is 0 Å². The van der Waals surface area contributed by atoms with Crippen LogP contribution in [0.1, 0.15) is 11.1 Å². The van der Waals surface area contributed by atoms with Crippen molar-refractivity contribution in [3.8, 4) is 0 Å². The number of hydrogen-bond donors (Lipinski definition) is 1. The average molecular weight is 473 g/mol. The molecule has 3 aromatic carbocycles. The van der Waals surface area contributed by atoms with Crippen LogP contribution >= 0.6 is 19.4 Å². The molecule has 0 radical (unpaired) electrons. The molecule has 0 aromatic heterocycles. The zero-order valence-electron chi connectivity index (χ0n) is 15.5. The van der Waals surface area contributed by atoms with Crippen molar-refractivity contribution in [2.75, 3.05) is 5.32 Å². The third kappa shape index (κ3) is 4.99. The number of alkyl halides is 6. The quantitative estimate of drug-likeness (QED) is 0.269. The summed E-state index contributed by atoms with van der Waals surface area (Å²) in [4.78, 5) is 0. The Kier molecular flexibility index (Phi) is 6.30. The molecule has 0 aliphatic rings. The maximum Gasteiger partial charge on any atom is 0.416 e. The van der Waals surface area contributed by atoms with Crippen LogP contribution in [0.3, 0.4) is 0 Å². The Morgan fingerprint density at radius 2 is 1.10 bits per heavy atom. The highest BCUT2D eigenvalue weighted by Gasteiger charge is 2.38. The lowest BCUT2D eigenvalue weighted by Gasteiger charge is -2.22. The molecule has 2 nitrogen and oxygen atoms in total. The summed E-state index contributed by atoms with van der Waals surface area (Å²) in [6.07, 6.45) is -10.0. The van der Waals surface area contributed by atoms with E-state index < -0.39 is 36.3 Å². The van der Waals surface area contributed by atoms with Gasteiger partial charge in [-0.3, -0.25) is 0 Å². The largest absolute Gasteiger partial charge is 0.416 e. The van der Waals surface area contributed by atoms with Crippen LogP contribution in [0.5, 0.6) is 0 Å². The van der Waals surface area contributed by atoms with Crippen molar-refractivity contribution >= 4 is 40.4 Å². The molecule has 31 heavy (non-hydrogen) atoms. The maximum atomic E-state index is 14.0. The van der Waals surface area contributed by atoms with Crippen LogP contribution in [0.2, 0.25) is 0 Å². The highest BCUT2D eigenvalue weighted by atomic mass is 32.1. The van der Waals surface area contributed by atoms with E-state index in [4.69, 9.17) is 12.2 Å². The monoisotopic (exact) mass is 473 g/mol. The zero-order chi connectivity index (χ0) is 22.9. The first kappa shape index (κ1) is 23.0. The van der Waals surface area contributed by atoms with Crippen molar-refractivity contribution < 1.29 is 30.9 Å². The third-order valence-corrected chi connectivity index (χ3v) is 7.97. The molecule has 0 spiro atoms. The standard InChI is InChI=1S/C21H14F6NOPS/c22-20(23,24)14-11-15(21(25,26)27)13-16(12-14)28-19(31)30(29,17-7-3-1-4-8-17)18-9-5-2-6-10-18/h1-13H,(H,28,31). The fraction of sp³-hybridized carbons (Fsp3) is 0.0952. The first-order valence-corrected chi connectivity index (χ1v) is 10.9. The van der Waals surface area contributed by atoms with Crippen molar-refractivity contribution in [1.82, 2.24) is 0 Å². The highest BCUT2D eigenvalue weighted by Crippen LogP contribution is 2.46. The number of nitrogens with one attached hydrogen (secondary N) is 1. The summed E-state index contributed by atoms with van der Waals surface area (Å²) in [5.41, 5.74) is -3.55. The van der Waals surface area contributed by atoms with Crippen LogP contribution in [0, 0.1) is 0 Å². The molecule has 162 valence electrons. The Balaban J connectivity index is 2.10. The van der Waals surface area contributed by atoms with Crippen molar-refractivity contribution in [3.05, 3.63) is 90.0 Å². The normalized spacial score (nSPS) is 12.5. The van der Waals surface area contributed by atoms with E-state index in [1.54, 1.807) is 36.4 Å². The fourth-order valence-electron chi connectivity index (χ4n) is 2.89. The molecule has 0 saturated carbocycles. The van der Waals surface area contributed by atoms with E-state index in [9.17, 15) is 30.9 Å². The fourth-order valence-corrected chi connectivity index (χ4v) is 5.88. The molecule has 0 aliphatic heterocycles. The van der Waals surface area contributed by atoms with Gasteiger partial charge in [-0.1, -0.05) is 72.9 Å². The van der Waals surface area contributed by atoms with Gasteiger partial charge in [-0.05, 0) is 18.2 Å². The molecule has 0 fully saturated rings. The average Bonchev–Trinajstić information content (AvgIpc) is 2.73. The summed E-state index contributed by atoms with van der Waals surface area (Å²) in [6, 6.07) is 17.0. The van der Waals surface area contributed by atoms with Crippen LogP contribution in [0.25, 0.3) is 0 Å². The topological polar surface area (TPSA) is 29.1 Å². The number of hydrogen-bond acceptors (Lipinski definition) is 2. The number of benzene rings is 3. The lowest BCUT2D eigenvalue weighted by atomic mass is 10.1. The zero-order valence-corrected chi connectivity index (χ0v) is 17.2. The lowest BCUT2D eigenvalue weighted by Crippen LogP contribution is -2.26. The molecule has 0 atom stereocenters. The molecule has 0 aliphatic carbocycles. The van der Waals surface area contributed by atoms with E-state index in [-0.39, 0.29) is 10.8 Å². The Bertz CT molecular complexity index is 1050. The van der Waals surface area contributed by atoms with Gasteiger partial charge in [-0.25, -0.2) is 0 Å². The lowest BCUT2D eigenvalue weighted by molar-refractivity contribution is -0.143. The van der Waals surface area contributed by atoms with Crippen molar-refractivity contribution in [1.29, 1.82) is 0 Å². The van der Waals surface area contributed by atoms with E-state index >= 15 is 0 Å². The van der Waals surface area contributed by atoms with Crippen molar-refractivity contribution in [3.63, 3.8) is 0 Å². The van der Waals surface area contributed by atoms with E-state index in [2.05, 4.69) is 5.32 Å². The van der Waals surface area contributed by atoms with Crippen LogP contribution in [0.15, 0.2) is 78.9 Å². The number of rotatable bonds is 4. The molecule has 0 unspecified atom stereocenters. The first-order chi connectivity index (χ1) is 14.4. The number of halogens is 6. The van der Waals surface area contributed by atoms with Crippen molar-refractivity contribution in [2.45, 2.75) is 12.4 Å². The molecule has 3 rings (SSSR count). The highest BCUT2D eigenvalue weighted by molar-refractivity contribution is 8.08. The van der Waals surface area contributed by atoms with Crippen LogP contribution < -0.4 is 15.9 Å². The molecule has 3 aromatic rings.